The van der Waals surface area contributed by atoms with Gasteiger partial charge < -0.3 is 25.3 Å². The standard InChI is InChI=1S/C14H15ClN2O4/c15-8-2-1-3-9-7(8)4-10(14(16)20)17(9)13-5-11(19)12(6-18)21-13/h1-4,11-13,18-19H,5-6H2,(H2,16,20)/t11-,12+,13+/m0/s1. The second kappa shape index (κ2) is 5.31. The van der Waals surface area contributed by atoms with Crippen molar-refractivity contribution >= 4 is 28.4 Å². The SMILES string of the molecule is NC(=O)c1cc2c(Cl)cccc2n1[C@H]1C[C@H](O)[C@@H](CO)O1. The number of benzene rings is 1. The van der Waals surface area contributed by atoms with Crippen LogP contribution in [0.2, 0.25) is 5.02 Å². The van der Waals surface area contributed by atoms with Gasteiger partial charge in [-0.3, -0.25) is 4.79 Å². The molecule has 1 aromatic heterocycles. The van der Waals surface area contributed by atoms with Crippen molar-refractivity contribution in [1.29, 1.82) is 0 Å². The summed E-state index contributed by atoms with van der Waals surface area (Å²) in [4.78, 5) is 11.7. The number of aromatic nitrogens is 1. The van der Waals surface area contributed by atoms with E-state index in [9.17, 15) is 15.0 Å². The lowest BCUT2D eigenvalue weighted by Gasteiger charge is -2.17. The van der Waals surface area contributed by atoms with Gasteiger partial charge in [0.2, 0.25) is 0 Å². The molecule has 4 N–H and O–H groups in total. The maximum atomic E-state index is 11.7. The van der Waals surface area contributed by atoms with Crippen molar-refractivity contribution < 1.29 is 19.7 Å². The zero-order valence-electron chi connectivity index (χ0n) is 11.1. The summed E-state index contributed by atoms with van der Waals surface area (Å²) in [6.45, 7) is -0.288. The van der Waals surface area contributed by atoms with Crippen LogP contribution < -0.4 is 5.73 Å². The van der Waals surface area contributed by atoms with Gasteiger partial charge in [-0.1, -0.05) is 17.7 Å². The average Bonchev–Trinajstić information content (AvgIpc) is 3.00. The molecule has 0 bridgehead atoms. The van der Waals surface area contributed by atoms with Crippen LogP contribution >= 0.6 is 11.6 Å². The van der Waals surface area contributed by atoms with E-state index in [1.165, 1.54) is 0 Å². The molecule has 1 fully saturated rings. The van der Waals surface area contributed by atoms with Crippen LogP contribution in [0.25, 0.3) is 10.9 Å². The zero-order chi connectivity index (χ0) is 15.1. The summed E-state index contributed by atoms with van der Waals surface area (Å²) >= 11 is 6.14. The Labute approximate surface area is 125 Å². The minimum Gasteiger partial charge on any atom is -0.394 e. The average molecular weight is 311 g/mol. The predicted octanol–water partition coefficient (Wildman–Crippen LogP) is 1.03. The first-order valence-corrected chi connectivity index (χ1v) is 6.94. The summed E-state index contributed by atoms with van der Waals surface area (Å²) in [5.41, 5.74) is 6.39. The number of aliphatic hydroxyl groups is 2. The first kappa shape index (κ1) is 14.3. The van der Waals surface area contributed by atoms with Crippen molar-refractivity contribution in [2.24, 2.45) is 5.73 Å². The molecule has 0 aliphatic carbocycles. The number of fused-ring (bicyclic) bond motifs is 1. The van der Waals surface area contributed by atoms with Gasteiger partial charge in [-0.25, -0.2) is 0 Å². The largest absolute Gasteiger partial charge is 0.394 e. The highest BCUT2D eigenvalue weighted by molar-refractivity contribution is 6.35. The van der Waals surface area contributed by atoms with E-state index in [0.29, 0.717) is 15.9 Å². The van der Waals surface area contributed by atoms with E-state index in [1.54, 1.807) is 28.8 Å². The van der Waals surface area contributed by atoms with Gasteiger partial charge >= 0.3 is 0 Å². The number of nitrogens with zero attached hydrogens (tertiary/aromatic N) is 1. The summed E-state index contributed by atoms with van der Waals surface area (Å²) < 4.78 is 7.25. The summed E-state index contributed by atoms with van der Waals surface area (Å²) in [6.07, 6.45) is -1.78. The lowest BCUT2D eigenvalue weighted by molar-refractivity contribution is -0.0433. The van der Waals surface area contributed by atoms with E-state index in [4.69, 9.17) is 22.1 Å². The van der Waals surface area contributed by atoms with E-state index >= 15 is 0 Å². The number of carbonyl (C=O) groups is 1. The van der Waals surface area contributed by atoms with E-state index in [-0.39, 0.29) is 18.7 Å². The van der Waals surface area contributed by atoms with Crippen LogP contribution in [0.4, 0.5) is 0 Å². The lowest BCUT2D eigenvalue weighted by atomic mass is 10.2. The smallest absolute Gasteiger partial charge is 0.265 e. The second-order valence-corrected chi connectivity index (χ2v) is 5.46. The summed E-state index contributed by atoms with van der Waals surface area (Å²) in [5, 5.41) is 20.3. The first-order chi connectivity index (χ1) is 10.0. The Morgan fingerprint density at radius 2 is 2.29 bits per heavy atom. The molecular formula is C14H15ClN2O4. The van der Waals surface area contributed by atoms with E-state index in [1.807, 2.05) is 0 Å². The number of carbonyl (C=O) groups excluding carboxylic acids is 1. The van der Waals surface area contributed by atoms with Crippen LogP contribution in [-0.4, -0.2) is 39.5 Å². The van der Waals surface area contributed by atoms with Gasteiger partial charge in [0.15, 0.2) is 0 Å². The third-order valence-corrected chi connectivity index (χ3v) is 4.08. The fourth-order valence-corrected chi connectivity index (χ4v) is 2.98. The second-order valence-electron chi connectivity index (χ2n) is 5.05. The Hall–Kier alpha value is -1.60. The highest BCUT2D eigenvalue weighted by atomic mass is 35.5. The Balaban J connectivity index is 2.15. The summed E-state index contributed by atoms with van der Waals surface area (Å²) in [5.74, 6) is -0.604. The summed E-state index contributed by atoms with van der Waals surface area (Å²) in [6, 6.07) is 6.90. The molecule has 0 spiro atoms. The number of aliphatic hydroxyl groups excluding tert-OH is 2. The molecule has 1 amide bonds. The molecule has 1 aliphatic heterocycles. The van der Waals surface area contributed by atoms with Crippen LogP contribution in [0.3, 0.4) is 0 Å². The van der Waals surface area contributed by atoms with Crippen molar-refractivity contribution in [2.45, 2.75) is 24.9 Å². The molecule has 0 saturated carbocycles. The molecule has 1 aromatic carbocycles. The molecule has 2 aromatic rings. The van der Waals surface area contributed by atoms with Gasteiger partial charge in [0, 0.05) is 16.8 Å². The van der Waals surface area contributed by atoms with E-state index < -0.39 is 24.3 Å². The normalized spacial score (nSPS) is 25.6. The molecule has 1 aliphatic rings. The quantitative estimate of drug-likeness (QED) is 0.789. The number of primary amides is 1. The number of amides is 1. The van der Waals surface area contributed by atoms with Gasteiger partial charge in [0.05, 0.1) is 18.2 Å². The molecule has 0 unspecified atom stereocenters. The minimum atomic E-state index is -0.794. The van der Waals surface area contributed by atoms with Gasteiger partial charge in [0.25, 0.3) is 5.91 Å². The van der Waals surface area contributed by atoms with Crippen LogP contribution in [0.5, 0.6) is 0 Å². The van der Waals surface area contributed by atoms with Crippen molar-refractivity contribution in [1.82, 2.24) is 4.57 Å². The van der Waals surface area contributed by atoms with Gasteiger partial charge in [-0.15, -0.1) is 0 Å². The van der Waals surface area contributed by atoms with E-state index in [2.05, 4.69) is 0 Å². The van der Waals surface area contributed by atoms with Crippen molar-refractivity contribution in [3.63, 3.8) is 0 Å². The number of hydrogen-bond acceptors (Lipinski definition) is 4. The van der Waals surface area contributed by atoms with E-state index in [0.717, 1.165) is 0 Å². The molecule has 3 rings (SSSR count). The fraction of sp³-hybridized carbons (Fsp3) is 0.357. The number of nitrogens with two attached hydrogens (primary N) is 1. The Morgan fingerprint density at radius 3 is 2.90 bits per heavy atom. The fourth-order valence-electron chi connectivity index (χ4n) is 2.75. The number of halogens is 1. The Morgan fingerprint density at radius 1 is 1.52 bits per heavy atom. The van der Waals surface area contributed by atoms with Crippen molar-refractivity contribution in [2.75, 3.05) is 6.61 Å². The molecule has 3 atom stereocenters. The maximum absolute atomic E-state index is 11.7. The number of ether oxygens (including phenoxy) is 1. The minimum absolute atomic E-state index is 0.258. The predicted molar refractivity (Wildman–Crippen MR) is 77.1 cm³/mol. The lowest BCUT2D eigenvalue weighted by Crippen LogP contribution is -2.24. The topological polar surface area (TPSA) is 97.7 Å². The molecule has 112 valence electrons. The van der Waals surface area contributed by atoms with Gasteiger partial charge in [-0.05, 0) is 18.2 Å². The third-order valence-electron chi connectivity index (χ3n) is 3.75. The number of hydrogen-bond donors (Lipinski definition) is 3. The van der Waals surface area contributed by atoms with Crippen LogP contribution in [0.15, 0.2) is 24.3 Å². The highest BCUT2D eigenvalue weighted by Crippen LogP contribution is 2.35. The maximum Gasteiger partial charge on any atom is 0.265 e. The molecule has 1 saturated heterocycles. The first-order valence-electron chi connectivity index (χ1n) is 6.56. The van der Waals surface area contributed by atoms with Crippen molar-refractivity contribution in [3.8, 4) is 0 Å². The molecule has 0 radical (unpaired) electrons. The van der Waals surface area contributed by atoms with Crippen molar-refractivity contribution in [3.05, 3.63) is 35.0 Å². The third kappa shape index (κ3) is 2.30. The van der Waals surface area contributed by atoms with Crippen LogP contribution in [0, 0.1) is 0 Å². The van der Waals surface area contributed by atoms with Crippen LogP contribution in [0.1, 0.15) is 23.1 Å². The molecule has 7 heteroatoms. The highest BCUT2D eigenvalue weighted by Gasteiger charge is 2.36. The summed E-state index contributed by atoms with van der Waals surface area (Å²) in [7, 11) is 0. The molecule has 21 heavy (non-hydrogen) atoms. The Kier molecular flexibility index (Phi) is 3.62. The van der Waals surface area contributed by atoms with Gasteiger partial charge in [-0.2, -0.15) is 0 Å². The van der Waals surface area contributed by atoms with Crippen LogP contribution in [-0.2, 0) is 4.74 Å². The zero-order valence-corrected chi connectivity index (χ0v) is 11.8. The van der Waals surface area contributed by atoms with Gasteiger partial charge in [0.1, 0.15) is 18.0 Å². The molecule has 6 nitrogen and oxygen atoms in total. The number of rotatable bonds is 3. The molecular weight excluding hydrogens is 296 g/mol. The molecule has 2 heterocycles. The Bertz CT molecular complexity index is 700. The monoisotopic (exact) mass is 310 g/mol.